The molecule has 0 aromatic heterocycles. The summed E-state index contributed by atoms with van der Waals surface area (Å²) in [4.78, 5) is 0.737. The monoisotopic (exact) mass is 325 g/mol. The zero-order chi connectivity index (χ0) is 13.1. The Morgan fingerprint density at radius 2 is 1.89 bits per heavy atom. The Morgan fingerprint density at radius 1 is 1.11 bits per heavy atom. The van der Waals surface area contributed by atoms with Crippen molar-refractivity contribution in [1.82, 2.24) is 0 Å². The molecule has 5 heteroatoms. The summed E-state index contributed by atoms with van der Waals surface area (Å²) < 4.78 is 27.2. The number of hydrogen-bond acceptors (Lipinski definition) is 2. The topological polar surface area (TPSA) is 23.8 Å². The van der Waals surface area contributed by atoms with Crippen LogP contribution in [0.1, 0.15) is 5.56 Å². The molecule has 2 aromatic carbocycles. The number of benzene rings is 2. The first kappa shape index (κ1) is 13.1. The lowest BCUT2D eigenvalue weighted by atomic mass is 10.2. The SMILES string of the molecule is N#Cc1c(Br)cccc1Sc1cc(F)ccc1F. The Bertz CT molecular complexity index is 637. The van der Waals surface area contributed by atoms with Crippen molar-refractivity contribution in [3.05, 3.63) is 58.1 Å². The lowest BCUT2D eigenvalue weighted by molar-refractivity contribution is 0.577. The highest BCUT2D eigenvalue weighted by molar-refractivity contribution is 9.10. The van der Waals surface area contributed by atoms with Gasteiger partial charge in [-0.15, -0.1) is 0 Å². The third-order valence-corrected chi connectivity index (χ3v) is 3.95. The van der Waals surface area contributed by atoms with Crippen molar-refractivity contribution in [2.75, 3.05) is 0 Å². The van der Waals surface area contributed by atoms with E-state index in [2.05, 4.69) is 15.9 Å². The van der Waals surface area contributed by atoms with Gasteiger partial charge in [0.15, 0.2) is 0 Å². The number of nitriles is 1. The molecule has 0 aliphatic carbocycles. The highest BCUT2D eigenvalue weighted by Gasteiger charge is 2.11. The Labute approximate surface area is 116 Å². The van der Waals surface area contributed by atoms with Gasteiger partial charge in [-0.05, 0) is 46.3 Å². The van der Waals surface area contributed by atoms with Crippen LogP contribution in [0, 0.1) is 23.0 Å². The molecule has 18 heavy (non-hydrogen) atoms. The van der Waals surface area contributed by atoms with Gasteiger partial charge >= 0.3 is 0 Å². The maximum absolute atomic E-state index is 13.5. The normalized spacial score (nSPS) is 10.1. The average molecular weight is 326 g/mol. The standard InChI is InChI=1S/C13H6BrF2NS/c14-10-2-1-3-12(9(10)7-17)18-13-6-8(15)4-5-11(13)16/h1-6H. The molecule has 0 heterocycles. The van der Waals surface area contributed by atoms with Crippen LogP contribution in [0.2, 0.25) is 0 Å². The van der Waals surface area contributed by atoms with Gasteiger partial charge in [-0.25, -0.2) is 8.78 Å². The molecular formula is C13H6BrF2NS. The lowest BCUT2D eigenvalue weighted by Crippen LogP contribution is -1.87. The molecule has 0 bridgehead atoms. The van der Waals surface area contributed by atoms with Gasteiger partial charge in [-0.2, -0.15) is 5.26 Å². The summed E-state index contributed by atoms with van der Waals surface area (Å²) in [7, 11) is 0. The predicted octanol–water partition coefficient (Wildman–Crippen LogP) is 4.75. The van der Waals surface area contributed by atoms with Crippen molar-refractivity contribution in [1.29, 1.82) is 5.26 Å². The van der Waals surface area contributed by atoms with Crippen molar-refractivity contribution in [3.8, 4) is 6.07 Å². The molecule has 0 saturated heterocycles. The first-order chi connectivity index (χ1) is 8.61. The van der Waals surface area contributed by atoms with Gasteiger partial charge in [0.25, 0.3) is 0 Å². The second kappa shape index (κ2) is 5.51. The summed E-state index contributed by atoms with van der Waals surface area (Å²) in [5.41, 5.74) is 0.408. The summed E-state index contributed by atoms with van der Waals surface area (Å²) in [6.07, 6.45) is 0. The third-order valence-electron chi connectivity index (χ3n) is 2.20. The van der Waals surface area contributed by atoms with Gasteiger partial charge in [0, 0.05) is 9.37 Å². The fourth-order valence-corrected chi connectivity index (χ4v) is 2.94. The zero-order valence-electron chi connectivity index (χ0n) is 8.95. The number of hydrogen-bond donors (Lipinski definition) is 0. The minimum atomic E-state index is -0.509. The maximum atomic E-state index is 13.5. The Morgan fingerprint density at radius 3 is 2.61 bits per heavy atom. The van der Waals surface area contributed by atoms with Crippen molar-refractivity contribution in [2.45, 2.75) is 9.79 Å². The second-order valence-corrected chi connectivity index (χ2v) is 5.34. The summed E-state index contributed by atoms with van der Waals surface area (Å²) in [6, 6.07) is 10.4. The smallest absolute Gasteiger partial charge is 0.137 e. The maximum Gasteiger partial charge on any atom is 0.137 e. The number of halogens is 3. The van der Waals surface area contributed by atoms with Gasteiger partial charge in [-0.1, -0.05) is 17.8 Å². The van der Waals surface area contributed by atoms with Crippen LogP contribution in [-0.4, -0.2) is 0 Å². The fourth-order valence-electron chi connectivity index (χ4n) is 1.37. The molecule has 2 rings (SSSR count). The molecule has 0 aliphatic rings. The third kappa shape index (κ3) is 2.71. The van der Waals surface area contributed by atoms with Crippen LogP contribution in [0.25, 0.3) is 0 Å². The summed E-state index contributed by atoms with van der Waals surface area (Å²) in [6.45, 7) is 0. The summed E-state index contributed by atoms with van der Waals surface area (Å²) in [5, 5.41) is 9.04. The van der Waals surface area contributed by atoms with Crippen molar-refractivity contribution < 1.29 is 8.78 Å². The van der Waals surface area contributed by atoms with Crippen molar-refractivity contribution in [2.24, 2.45) is 0 Å². The van der Waals surface area contributed by atoms with Crippen LogP contribution >= 0.6 is 27.7 Å². The van der Waals surface area contributed by atoms with Crippen LogP contribution in [0.15, 0.2) is 50.7 Å². The molecule has 0 spiro atoms. The Kier molecular flexibility index (Phi) is 4.00. The van der Waals surface area contributed by atoms with Gasteiger partial charge in [0.2, 0.25) is 0 Å². The van der Waals surface area contributed by atoms with E-state index >= 15 is 0 Å². The van der Waals surface area contributed by atoms with E-state index in [0.717, 1.165) is 30.0 Å². The molecule has 0 atom stereocenters. The average Bonchev–Trinajstić information content (AvgIpc) is 2.34. The van der Waals surface area contributed by atoms with E-state index in [0.29, 0.717) is 14.9 Å². The van der Waals surface area contributed by atoms with Gasteiger partial charge in [0.1, 0.15) is 17.7 Å². The molecule has 0 N–H and O–H groups in total. The molecule has 1 nitrogen and oxygen atoms in total. The van der Waals surface area contributed by atoms with E-state index in [-0.39, 0.29) is 4.90 Å². The van der Waals surface area contributed by atoms with E-state index in [1.54, 1.807) is 18.2 Å². The van der Waals surface area contributed by atoms with Crippen LogP contribution in [-0.2, 0) is 0 Å². The Balaban J connectivity index is 2.44. The lowest BCUT2D eigenvalue weighted by Gasteiger charge is -2.06. The van der Waals surface area contributed by atoms with Crippen LogP contribution in [0.4, 0.5) is 8.78 Å². The minimum Gasteiger partial charge on any atom is -0.207 e. The molecule has 2 aromatic rings. The molecule has 0 saturated carbocycles. The second-order valence-electron chi connectivity index (χ2n) is 3.40. The molecule has 0 fully saturated rings. The van der Waals surface area contributed by atoms with Gasteiger partial charge < -0.3 is 0 Å². The quantitative estimate of drug-likeness (QED) is 0.795. The Hall–Kier alpha value is -1.38. The summed E-state index contributed by atoms with van der Waals surface area (Å²) >= 11 is 4.28. The van der Waals surface area contributed by atoms with Crippen LogP contribution in [0.5, 0.6) is 0 Å². The van der Waals surface area contributed by atoms with E-state index < -0.39 is 11.6 Å². The molecule has 0 unspecified atom stereocenters. The first-order valence-electron chi connectivity index (χ1n) is 4.93. The van der Waals surface area contributed by atoms with E-state index in [4.69, 9.17) is 5.26 Å². The predicted molar refractivity (Wildman–Crippen MR) is 69.3 cm³/mol. The highest BCUT2D eigenvalue weighted by atomic mass is 79.9. The van der Waals surface area contributed by atoms with E-state index in [1.807, 2.05) is 6.07 Å². The molecule has 90 valence electrons. The largest absolute Gasteiger partial charge is 0.207 e. The van der Waals surface area contributed by atoms with Crippen LogP contribution < -0.4 is 0 Å². The molecular weight excluding hydrogens is 320 g/mol. The number of nitrogens with zero attached hydrogens (tertiary/aromatic N) is 1. The van der Waals surface area contributed by atoms with Crippen molar-refractivity contribution >= 4 is 27.7 Å². The van der Waals surface area contributed by atoms with Crippen molar-refractivity contribution in [3.63, 3.8) is 0 Å². The first-order valence-corrected chi connectivity index (χ1v) is 6.54. The van der Waals surface area contributed by atoms with Gasteiger partial charge in [0.05, 0.1) is 10.5 Å². The molecule has 0 amide bonds. The summed E-state index contributed by atoms with van der Waals surface area (Å²) in [5.74, 6) is -1.02. The molecule has 0 radical (unpaired) electrons. The minimum absolute atomic E-state index is 0.157. The highest BCUT2D eigenvalue weighted by Crippen LogP contribution is 2.35. The van der Waals surface area contributed by atoms with Gasteiger partial charge in [-0.3, -0.25) is 0 Å². The molecule has 0 aliphatic heterocycles. The number of rotatable bonds is 2. The van der Waals surface area contributed by atoms with E-state index in [9.17, 15) is 8.78 Å². The zero-order valence-corrected chi connectivity index (χ0v) is 11.4. The fraction of sp³-hybridized carbons (Fsp3) is 0. The van der Waals surface area contributed by atoms with Crippen LogP contribution in [0.3, 0.4) is 0 Å². The van der Waals surface area contributed by atoms with E-state index in [1.165, 1.54) is 0 Å².